The standard InChI is InChI=1S/C16H22O3/c17-11-5-7-13-6-4-10-15(12-13)19-16(18)14-8-2-1-3-9-14/h4,6,10,12,14,17H,1-3,5,7-9,11H2. The number of hydrogen-bond acceptors (Lipinski definition) is 3. The lowest BCUT2D eigenvalue weighted by Crippen LogP contribution is -2.22. The Morgan fingerprint density at radius 2 is 2.05 bits per heavy atom. The van der Waals surface area contributed by atoms with Crippen molar-refractivity contribution in [2.24, 2.45) is 5.92 Å². The lowest BCUT2D eigenvalue weighted by Gasteiger charge is -2.19. The van der Waals surface area contributed by atoms with Gasteiger partial charge in [0.05, 0.1) is 5.92 Å². The van der Waals surface area contributed by atoms with Crippen LogP contribution in [-0.4, -0.2) is 17.7 Å². The molecular formula is C16H22O3. The van der Waals surface area contributed by atoms with E-state index in [4.69, 9.17) is 9.84 Å². The van der Waals surface area contributed by atoms with Gasteiger partial charge in [0.2, 0.25) is 0 Å². The fourth-order valence-corrected chi connectivity index (χ4v) is 2.59. The Morgan fingerprint density at radius 3 is 2.79 bits per heavy atom. The smallest absolute Gasteiger partial charge is 0.314 e. The monoisotopic (exact) mass is 262 g/mol. The molecule has 0 amide bonds. The van der Waals surface area contributed by atoms with Crippen molar-refractivity contribution >= 4 is 5.97 Å². The number of esters is 1. The van der Waals surface area contributed by atoms with Crippen LogP contribution in [0.1, 0.15) is 44.1 Å². The van der Waals surface area contributed by atoms with Gasteiger partial charge in [0, 0.05) is 6.61 Å². The van der Waals surface area contributed by atoms with Crippen LogP contribution < -0.4 is 4.74 Å². The average molecular weight is 262 g/mol. The number of aryl methyl sites for hydroxylation is 1. The summed E-state index contributed by atoms with van der Waals surface area (Å²) in [5, 5.41) is 8.83. The minimum absolute atomic E-state index is 0.0786. The van der Waals surface area contributed by atoms with Gasteiger partial charge in [0.15, 0.2) is 0 Å². The minimum Gasteiger partial charge on any atom is -0.426 e. The zero-order chi connectivity index (χ0) is 13.5. The Morgan fingerprint density at radius 1 is 1.26 bits per heavy atom. The summed E-state index contributed by atoms with van der Waals surface area (Å²) in [6, 6.07) is 7.61. The molecular weight excluding hydrogens is 240 g/mol. The van der Waals surface area contributed by atoms with E-state index >= 15 is 0 Å². The fourth-order valence-electron chi connectivity index (χ4n) is 2.59. The predicted molar refractivity (Wildman–Crippen MR) is 74.1 cm³/mol. The van der Waals surface area contributed by atoms with Gasteiger partial charge in [0.25, 0.3) is 0 Å². The molecule has 3 nitrogen and oxygen atoms in total. The van der Waals surface area contributed by atoms with Crippen LogP contribution in [0.3, 0.4) is 0 Å². The molecule has 1 fully saturated rings. The van der Waals surface area contributed by atoms with Crippen molar-refractivity contribution in [1.82, 2.24) is 0 Å². The number of aliphatic hydroxyl groups excluding tert-OH is 1. The van der Waals surface area contributed by atoms with E-state index in [0.717, 1.165) is 44.1 Å². The van der Waals surface area contributed by atoms with Gasteiger partial charge in [-0.3, -0.25) is 4.79 Å². The molecule has 1 aliphatic carbocycles. The Hall–Kier alpha value is -1.35. The summed E-state index contributed by atoms with van der Waals surface area (Å²) in [5.74, 6) is 0.625. The summed E-state index contributed by atoms with van der Waals surface area (Å²) in [6.45, 7) is 0.187. The molecule has 0 saturated heterocycles. The SMILES string of the molecule is O=C(Oc1cccc(CCCO)c1)C1CCCCC1. The molecule has 0 bridgehead atoms. The highest BCUT2D eigenvalue weighted by Crippen LogP contribution is 2.26. The number of carbonyl (C=O) groups excluding carboxylic acids is 1. The third-order valence-electron chi connectivity index (χ3n) is 3.68. The van der Waals surface area contributed by atoms with E-state index < -0.39 is 0 Å². The van der Waals surface area contributed by atoms with E-state index in [1.807, 2.05) is 24.3 Å². The molecule has 0 spiro atoms. The van der Waals surface area contributed by atoms with Crippen molar-refractivity contribution in [2.45, 2.75) is 44.9 Å². The van der Waals surface area contributed by atoms with E-state index in [-0.39, 0.29) is 18.5 Å². The molecule has 0 atom stereocenters. The highest BCUT2D eigenvalue weighted by atomic mass is 16.5. The van der Waals surface area contributed by atoms with Crippen LogP contribution in [0.4, 0.5) is 0 Å². The van der Waals surface area contributed by atoms with Crippen molar-refractivity contribution < 1.29 is 14.6 Å². The zero-order valence-electron chi connectivity index (χ0n) is 11.3. The molecule has 104 valence electrons. The highest BCUT2D eigenvalue weighted by molar-refractivity contribution is 5.75. The number of benzene rings is 1. The Labute approximate surface area is 114 Å². The van der Waals surface area contributed by atoms with Gasteiger partial charge < -0.3 is 9.84 Å². The first-order valence-electron chi connectivity index (χ1n) is 7.21. The first-order chi connectivity index (χ1) is 9.29. The van der Waals surface area contributed by atoms with Crippen LogP contribution in [0, 0.1) is 5.92 Å². The maximum Gasteiger partial charge on any atom is 0.314 e. The van der Waals surface area contributed by atoms with Crippen LogP contribution in [0.15, 0.2) is 24.3 Å². The first-order valence-corrected chi connectivity index (χ1v) is 7.21. The quantitative estimate of drug-likeness (QED) is 0.655. The Kier molecular flexibility index (Phi) is 5.40. The van der Waals surface area contributed by atoms with Gasteiger partial charge in [-0.25, -0.2) is 0 Å². The Balaban J connectivity index is 1.92. The van der Waals surface area contributed by atoms with Crippen LogP contribution in [0.2, 0.25) is 0 Å². The number of aliphatic hydroxyl groups is 1. The lowest BCUT2D eigenvalue weighted by molar-refractivity contribution is -0.139. The van der Waals surface area contributed by atoms with Crippen LogP contribution in [-0.2, 0) is 11.2 Å². The predicted octanol–water partition coefficient (Wildman–Crippen LogP) is 3.10. The summed E-state index contributed by atoms with van der Waals surface area (Å²) in [6.07, 6.45) is 6.98. The van der Waals surface area contributed by atoms with E-state index in [1.54, 1.807) is 0 Å². The number of ether oxygens (including phenoxy) is 1. The summed E-state index contributed by atoms with van der Waals surface area (Å²) < 4.78 is 5.47. The lowest BCUT2D eigenvalue weighted by atomic mass is 9.89. The number of carbonyl (C=O) groups is 1. The summed E-state index contributed by atoms with van der Waals surface area (Å²) in [5.41, 5.74) is 1.10. The van der Waals surface area contributed by atoms with E-state index in [0.29, 0.717) is 5.75 Å². The normalized spacial score (nSPS) is 16.3. The maximum atomic E-state index is 12.0. The van der Waals surface area contributed by atoms with Crippen molar-refractivity contribution in [3.05, 3.63) is 29.8 Å². The molecule has 1 saturated carbocycles. The van der Waals surface area contributed by atoms with Gasteiger partial charge in [-0.15, -0.1) is 0 Å². The van der Waals surface area contributed by atoms with Gasteiger partial charge in [0.1, 0.15) is 5.75 Å². The molecule has 0 radical (unpaired) electrons. The largest absolute Gasteiger partial charge is 0.426 e. The van der Waals surface area contributed by atoms with Crippen molar-refractivity contribution in [2.75, 3.05) is 6.61 Å². The topological polar surface area (TPSA) is 46.5 Å². The minimum atomic E-state index is -0.0843. The van der Waals surface area contributed by atoms with Crippen molar-refractivity contribution in [3.63, 3.8) is 0 Å². The molecule has 0 aromatic heterocycles. The third kappa shape index (κ3) is 4.35. The van der Waals surface area contributed by atoms with Crippen LogP contribution in [0.5, 0.6) is 5.75 Å². The molecule has 0 unspecified atom stereocenters. The average Bonchev–Trinajstić information content (AvgIpc) is 2.46. The number of rotatable bonds is 5. The summed E-state index contributed by atoms with van der Waals surface area (Å²) >= 11 is 0. The van der Waals surface area contributed by atoms with E-state index in [2.05, 4.69) is 0 Å². The van der Waals surface area contributed by atoms with Crippen molar-refractivity contribution in [3.8, 4) is 5.75 Å². The summed E-state index contributed by atoms with van der Waals surface area (Å²) in [4.78, 5) is 12.0. The molecule has 1 N–H and O–H groups in total. The molecule has 3 heteroatoms. The molecule has 1 aliphatic rings. The number of hydrogen-bond donors (Lipinski definition) is 1. The fraction of sp³-hybridized carbons (Fsp3) is 0.562. The van der Waals surface area contributed by atoms with E-state index in [1.165, 1.54) is 6.42 Å². The molecule has 1 aromatic rings. The second-order valence-electron chi connectivity index (χ2n) is 5.23. The van der Waals surface area contributed by atoms with Crippen LogP contribution in [0.25, 0.3) is 0 Å². The maximum absolute atomic E-state index is 12.0. The highest BCUT2D eigenvalue weighted by Gasteiger charge is 2.22. The van der Waals surface area contributed by atoms with Gasteiger partial charge in [-0.05, 0) is 43.4 Å². The molecule has 2 rings (SSSR count). The Bertz CT molecular complexity index is 408. The van der Waals surface area contributed by atoms with Gasteiger partial charge in [-0.2, -0.15) is 0 Å². The van der Waals surface area contributed by atoms with E-state index in [9.17, 15) is 4.79 Å². The second-order valence-corrected chi connectivity index (χ2v) is 5.23. The van der Waals surface area contributed by atoms with Gasteiger partial charge >= 0.3 is 5.97 Å². The first kappa shape index (κ1) is 14.1. The molecule has 1 aromatic carbocycles. The molecule has 0 heterocycles. The summed E-state index contributed by atoms with van der Waals surface area (Å²) in [7, 11) is 0. The van der Waals surface area contributed by atoms with Crippen LogP contribution >= 0.6 is 0 Å². The second kappa shape index (κ2) is 7.29. The molecule has 19 heavy (non-hydrogen) atoms. The zero-order valence-corrected chi connectivity index (χ0v) is 11.3. The third-order valence-corrected chi connectivity index (χ3v) is 3.68. The van der Waals surface area contributed by atoms with Gasteiger partial charge in [-0.1, -0.05) is 31.4 Å². The van der Waals surface area contributed by atoms with Crippen molar-refractivity contribution in [1.29, 1.82) is 0 Å². The molecule has 0 aliphatic heterocycles.